The average molecular weight is 271 g/mol. The fraction of sp³-hybridized carbons (Fsp3) is 0.667. The Balaban J connectivity index is 2.32. The van der Waals surface area contributed by atoms with Crippen molar-refractivity contribution in [2.75, 3.05) is 6.54 Å². The van der Waals surface area contributed by atoms with Crippen molar-refractivity contribution in [1.29, 1.82) is 0 Å². The van der Waals surface area contributed by atoms with E-state index in [4.69, 9.17) is 0 Å². The van der Waals surface area contributed by atoms with Crippen LogP contribution in [-0.2, 0) is 6.54 Å². The molecule has 102 valence electrons. The lowest BCUT2D eigenvalue weighted by atomic mass is 9.98. The lowest BCUT2D eigenvalue weighted by Gasteiger charge is -2.25. The standard InChI is InChI=1S/C12H21N3O2S/c1-4-12(17,5-2)7-14-11(16)13-6-10-9(3)15-8-18-10/h8,17H,4-7H2,1-3H3,(H2,13,14,16). The van der Waals surface area contributed by atoms with Gasteiger partial charge in [-0.05, 0) is 19.8 Å². The highest BCUT2D eigenvalue weighted by Crippen LogP contribution is 2.13. The molecule has 3 N–H and O–H groups in total. The number of nitrogens with one attached hydrogen (secondary N) is 2. The predicted molar refractivity (Wildman–Crippen MR) is 72.6 cm³/mol. The predicted octanol–water partition coefficient (Wildman–Crippen LogP) is 1.80. The van der Waals surface area contributed by atoms with E-state index in [1.807, 2.05) is 20.8 Å². The molecule has 1 aromatic rings. The molecule has 0 aromatic carbocycles. The van der Waals surface area contributed by atoms with Crippen molar-refractivity contribution in [1.82, 2.24) is 15.6 Å². The molecule has 0 aliphatic rings. The molecule has 1 rings (SSSR count). The Bertz CT molecular complexity index is 388. The summed E-state index contributed by atoms with van der Waals surface area (Å²) in [6.45, 7) is 6.47. The van der Waals surface area contributed by atoms with Gasteiger partial charge < -0.3 is 15.7 Å². The molecule has 1 heterocycles. The first kappa shape index (κ1) is 14.9. The number of carbonyl (C=O) groups excluding carboxylic acids is 1. The number of aromatic nitrogens is 1. The summed E-state index contributed by atoms with van der Waals surface area (Å²) in [6, 6.07) is -0.261. The molecule has 0 saturated carbocycles. The molecule has 0 radical (unpaired) electrons. The summed E-state index contributed by atoms with van der Waals surface area (Å²) in [4.78, 5) is 16.7. The summed E-state index contributed by atoms with van der Waals surface area (Å²) in [5.74, 6) is 0. The van der Waals surface area contributed by atoms with Crippen molar-refractivity contribution in [3.05, 3.63) is 16.1 Å². The number of aliphatic hydroxyl groups is 1. The third kappa shape index (κ3) is 4.27. The molecule has 18 heavy (non-hydrogen) atoms. The largest absolute Gasteiger partial charge is 0.388 e. The fourth-order valence-electron chi connectivity index (χ4n) is 1.46. The van der Waals surface area contributed by atoms with Crippen LogP contribution in [-0.4, -0.2) is 28.3 Å². The van der Waals surface area contributed by atoms with Gasteiger partial charge in [0.15, 0.2) is 0 Å². The smallest absolute Gasteiger partial charge is 0.315 e. The van der Waals surface area contributed by atoms with Crippen LogP contribution in [0.25, 0.3) is 0 Å². The Kier molecular flexibility index (Phi) is 5.55. The van der Waals surface area contributed by atoms with E-state index in [0.29, 0.717) is 19.4 Å². The number of carbonyl (C=O) groups is 1. The van der Waals surface area contributed by atoms with E-state index >= 15 is 0 Å². The van der Waals surface area contributed by atoms with Crippen LogP contribution in [0.2, 0.25) is 0 Å². The van der Waals surface area contributed by atoms with Crippen LogP contribution in [0.15, 0.2) is 5.51 Å². The van der Waals surface area contributed by atoms with Crippen LogP contribution < -0.4 is 10.6 Å². The molecule has 0 unspecified atom stereocenters. The minimum atomic E-state index is -0.808. The number of urea groups is 1. The number of hydrogen-bond donors (Lipinski definition) is 3. The van der Waals surface area contributed by atoms with E-state index in [2.05, 4.69) is 15.6 Å². The maximum atomic E-state index is 11.6. The average Bonchev–Trinajstić information content (AvgIpc) is 2.79. The van der Waals surface area contributed by atoms with Gasteiger partial charge in [-0.25, -0.2) is 9.78 Å². The molecule has 0 aliphatic carbocycles. The van der Waals surface area contributed by atoms with E-state index in [0.717, 1.165) is 10.6 Å². The molecule has 5 nitrogen and oxygen atoms in total. The van der Waals surface area contributed by atoms with Gasteiger partial charge in [0.2, 0.25) is 0 Å². The third-order valence-corrected chi connectivity index (χ3v) is 4.08. The first-order valence-electron chi connectivity index (χ1n) is 6.13. The number of aryl methyl sites for hydroxylation is 1. The van der Waals surface area contributed by atoms with Crippen molar-refractivity contribution in [2.45, 2.75) is 45.8 Å². The third-order valence-electron chi connectivity index (χ3n) is 3.15. The Morgan fingerprint density at radius 2 is 2.11 bits per heavy atom. The van der Waals surface area contributed by atoms with Gasteiger partial charge in [-0.3, -0.25) is 0 Å². The number of rotatable bonds is 6. The van der Waals surface area contributed by atoms with E-state index in [9.17, 15) is 9.90 Å². The van der Waals surface area contributed by atoms with Gasteiger partial charge in [-0.15, -0.1) is 11.3 Å². The quantitative estimate of drug-likeness (QED) is 0.738. The second-order valence-electron chi connectivity index (χ2n) is 4.33. The molecule has 1 aromatic heterocycles. The van der Waals surface area contributed by atoms with Crippen LogP contribution in [0.5, 0.6) is 0 Å². The molecular weight excluding hydrogens is 250 g/mol. The van der Waals surface area contributed by atoms with Gasteiger partial charge in [0.05, 0.1) is 23.4 Å². The number of amides is 2. The van der Waals surface area contributed by atoms with E-state index in [-0.39, 0.29) is 12.6 Å². The van der Waals surface area contributed by atoms with Crippen molar-refractivity contribution >= 4 is 17.4 Å². The van der Waals surface area contributed by atoms with Gasteiger partial charge >= 0.3 is 6.03 Å². The van der Waals surface area contributed by atoms with Gasteiger partial charge in [0.25, 0.3) is 0 Å². The van der Waals surface area contributed by atoms with Crippen LogP contribution in [0.1, 0.15) is 37.3 Å². The molecule has 2 amide bonds. The highest BCUT2D eigenvalue weighted by molar-refractivity contribution is 7.09. The topological polar surface area (TPSA) is 74.2 Å². The summed E-state index contributed by atoms with van der Waals surface area (Å²) >= 11 is 1.52. The SMILES string of the molecule is CCC(O)(CC)CNC(=O)NCc1scnc1C. The van der Waals surface area contributed by atoms with Crippen LogP contribution in [0.4, 0.5) is 4.79 Å². The van der Waals surface area contributed by atoms with E-state index < -0.39 is 5.60 Å². The molecule has 0 fully saturated rings. The monoisotopic (exact) mass is 271 g/mol. The van der Waals surface area contributed by atoms with Crippen LogP contribution >= 0.6 is 11.3 Å². The molecule has 0 spiro atoms. The molecular formula is C12H21N3O2S. The lowest BCUT2D eigenvalue weighted by Crippen LogP contribution is -2.45. The molecule has 6 heteroatoms. The Labute approximate surface area is 112 Å². The Hall–Kier alpha value is -1.14. The summed E-state index contributed by atoms with van der Waals surface area (Å²) < 4.78 is 0. The number of hydrogen-bond acceptors (Lipinski definition) is 4. The fourth-order valence-corrected chi connectivity index (χ4v) is 2.18. The van der Waals surface area contributed by atoms with E-state index in [1.165, 1.54) is 11.3 Å². The van der Waals surface area contributed by atoms with Gasteiger partial charge in [-0.1, -0.05) is 13.8 Å². The second-order valence-corrected chi connectivity index (χ2v) is 5.27. The first-order chi connectivity index (χ1) is 8.50. The molecule has 0 aliphatic heterocycles. The second kappa shape index (κ2) is 6.70. The van der Waals surface area contributed by atoms with Crippen molar-refractivity contribution < 1.29 is 9.90 Å². The van der Waals surface area contributed by atoms with Gasteiger partial charge in [0.1, 0.15) is 0 Å². The zero-order chi connectivity index (χ0) is 13.6. The Morgan fingerprint density at radius 1 is 1.44 bits per heavy atom. The zero-order valence-electron chi connectivity index (χ0n) is 11.1. The van der Waals surface area contributed by atoms with Gasteiger partial charge in [-0.2, -0.15) is 0 Å². The Morgan fingerprint density at radius 3 is 2.61 bits per heavy atom. The highest BCUT2D eigenvalue weighted by atomic mass is 32.1. The highest BCUT2D eigenvalue weighted by Gasteiger charge is 2.22. The van der Waals surface area contributed by atoms with Crippen molar-refractivity contribution in [2.24, 2.45) is 0 Å². The zero-order valence-corrected chi connectivity index (χ0v) is 11.9. The van der Waals surface area contributed by atoms with Gasteiger partial charge in [0, 0.05) is 11.4 Å². The van der Waals surface area contributed by atoms with Crippen LogP contribution in [0.3, 0.4) is 0 Å². The maximum Gasteiger partial charge on any atom is 0.315 e. The summed E-state index contributed by atoms with van der Waals surface area (Å²) in [5, 5.41) is 15.5. The molecule has 0 saturated heterocycles. The number of nitrogens with zero attached hydrogens (tertiary/aromatic N) is 1. The van der Waals surface area contributed by atoms with Crippen LogP contribution in [0, 0.1) is 6.92 Å². The molecule has 0 bridgehead atoms. The van der Waals surface area contributed by atoms with E-state index in [1.54, 1.807) is 5.51 Å². The first-order valence-corrected chi connectivity index (χ1v) is 7.01. The summed E-state index contributed by atoms with van der Waals surface area (Å²) in [5.41, 5.74) is 1.90. The molecule has 0 atom stereocenters. The lowest BCUT2D eigenvalue weighted by molar-refractivity contribution is 0.0349. The van der Waals surface area contributed by atoms with Crippen molar-refractivity contribution in [3.63, 3.8) is 0 Å². The summed E-state index contributed by atoms with van der Waals surface area (Å²) in [6.07, 6.45) is 1.25. The maximum absolute atomic E-state index is 11.6. The minimum absolute atomic E-state index is 0.261. The summed E-state index contributed by atoms with van der Waals surface area (Å²) in [7, 11) is 0. The number of thiazole rings is 1. The normalized spacial score (nSPS) is 11.3. The van der Waals surface area contributed by atoms with Crippen molar-refractivity contribution in [3.8, 4) is 0 Å². The minimum Gasteiger partial charge on any atom is -0.388 e.